The Bertz CT molecular complexity index is 1060. The summed E-state index contributed by atoms with van der Waals surface area (Å²) in [5.41, 5.74) is 0.547. The first-order valence-corrected chi connectivity index (χ1v) is 15.5. The van der Waals surface area contributed by atoms with Crippen molar-refractivity contribution < 1.29 is 14.3 Å². The lowest BCUT2D eigenvalue weighted by atomic mass is 9.73. The van der Waals surface area contributed by atoms with Gasteiger partial charge in [-0.05, 0) is 60.9 Å². The normalized spacial score (nSPS) is 34.2. The summed E-state index contributed by atoms with van der Waals surface area (Å²) in [4.78, 5) is 0. The molecule has 2 aromatic carbocycles. The van der Waals surface area contributed by atoms with Gasteiger partial charge in [0.1, 0.15) is 0 Å². The van der Waals surface area contributed by atoms with Crippen molar-refractivity contribution in [2.75, 3.05) is 0 Å². The van der Waals surface area contributed by atoms with Gasteiger partial charge >= 0.3 is 0 Å². The van der Waals surface area contributed by atoms with Crippen molar-refractivity contribution in [3.63, 3.8) is 0 Å². The van der Waals surface area contributed by atoms with Crippen LogP contribution in [0.1, 0.15) is 60.3 Å². The highest BCUT2D eigenvalue weighted by molar-refractivity contribution is 6.99. The minimum absolute atomic E-state index is 0.0135. The Morgan fingerprint density at radius 1 is 0.972 bits per heavy atom. The molecule has 3 nitrogen and oxygen atoms in total. The molecule has 1 saturated heterocycles. The summed E-state index contributed by atoms with van der Waals surface area (Å²) < 4.78 is 14.1. The number of allylic oxidation sites excluding steroid dienone is 1. The fourth-order valence-electron chi connectivity index (χ4n) is 6.92. The standard InChI is InChI=1S/C32H42O3Si/c1-23-13-12-20-32(5,33)30-27-19-18-24(22-28(27)29(21-23)34-30)35-36(31(2,3)4,25-14-8-6-9-15-25)26-16-10-7-11-17-26/h6-11,13-19,24,27-30,33H,12,20-22H2,1-5H3/b23-13-/t24-,27+,28-,29+,30+,32+/m0/s1. The summed E-state index contributed by atoms with van der Waals surface area (Å²) in [6.07, 6.45) is 10.4. The predicted octanol–water partition coefficient (Wildman–Crippen LogP) is 5.77. The van der Waals surface area contributed by atoms with Crippen LogP contribution in [0, 0.1) is 11.8 Å². The Morgan fingerprint density at radius 2 is 1.58 bits per heavy atom. The summed E-state index contributed by atoms with van der Waals surface area (Å²) in [7, 11) is -2.64. The Labute approximate surface area is 218 Å². The summed E-state index contributed by atoms with van der Waals surface area (Å²) in [5, 5.41) is 13.9. The number of ether oxygens (including phenoxy) is 1. The average Bonchev–Trinajstić information content (AvgIpc) is 3.22. The minimum atomic E-state index is -2.64. The zero-order valence-corrected chi connectivity index (χ0v) is 23.5. The Kier molecular flexibility index (Phi) is 6.93. The Balaban J connectivity index is 1.53. The number of hydrogen-bond donors (Lipinski definition) is 1. The number of rotatable bonds is 4. The van der Waals surface area contributed by atoms with Gasteiger partial charge in [-0.1, -0.05) is 105 Å². The molecule has 2 aromatic rings. The number of fused-ring (bicyclic) bond motifs is 5. The number of benzene rings is 2. The lowest BCUT2D eigenvalue weighted by molar-refractivity contribution is -0.103. The molecule has 36 heavy (non-hydrogen) atoms. The molecule has 0 amide bonds. The molecule has 0 spiro atoms. The highest BCUT2D eigenvalue weighted by atomic mass is 28.4. The van der Waals surface area contributed by atoms with Crippen molar-refractivity contribution in [2.45, 2.75) is 89.3 Å². The average molecular weight is 503 g/mol. The van der Waals surface area contributed by atoms with E-state index < -0.39 is 13.9 Å². The summed E-state index contributed by atoms with van der Waals surface area (Å²) in [6.45, 7) is 11.2. The summed E-state index contributed by atoms with van der Waals surface area (Å²) in [6, 6.07) is 21.8. The minimum Gasteiger partial charge on any atom is -0.401 e. The van der Waals surface area contributed by atoms with E-state index in [2.05, 4.69) is 107 Å². The smallest absolute Gasteiger partial charge is 0.261 e. The molecular weight excluding hydrogens is 460 g/mol. The lowest BCUT2D eigenvalue weighted by Crippen LogP contribution is -2.67. The van der Waals surface area contributed by atoms with Crippen molar-refractivity contribution in [2.24, 2.45) is 11.8 Å². The third-order valence-electron chi connectivity index (χ3n) is 8.72. The van der Waals surface area contributed by atoms with Gasteiger partial charge in [0.05, 0.1) is 23.9 Å². The zero-order valence-electron chi connectivity index (χ0n) is 22.5. The van der Waals surface area contributed by atoms with Crippen LogP contribution in [0.25, 0.3) is 0 Å². The Hall–Kier alpha value is -1.98. The van der Waals surface area contributed by atoms with Gasteiger partial charge in [-0.15, -0.1) is 0 Å². The van der Waals surface area contributed by atoms with Crippen molar-refractivity contribution in [3.8, 4) is 0 Å². The molecule has 0 aromatic heterocycles. The van der Waals surface area contributed by atoms with Crippen molar-refractivity contribution in [1.29, 1.82) is 0 Å². The van der Waals surface area contributed by atoms with E-state index in [1.54, 1.807) is 0 Å². The number of hydrogen-bond acceptors (Lipinski definition) is 3. The SMILES string of the molecule is C/C1=C/CC[C@@](C)(O)[C@@H]2O[C@H](C1)[C@H]1C[C@@H](O[Si](c3ccccc3)(c3ccccc3)C(C)(C)C)C=C[C@H]12. The second-order valence-corrected chi connectivity index (χ2v) is 16.7. The van der Waals surface area contributed by atoms with Crippen LogP contribution >= 0.6 is 0 Å². The van der Waals surface area contributed by atoms with Crippen molar-refractivity contribution in [3.05, 3.63) is 84.5 Å². The fraction of sp³-hybridized carbons (Fsp3) is 0.500. The quantitative estimate of drug-likeness (QED) is 0.426. The molecule has 4 heteroatoms. The molecule has 0 radical (unpaired) electrons. The molecule has 1 aliphatic carbocycles. The first kappa shape index (κ1) is 25.7. The zero-order chi connectivity index (χ0) is 25.6. The van der Waals surface area contributed by atoms with E-state index in [1.807, 2.05) is 6.92 Å². The largest absolute Gasteiger partial charge is 0.401 e. The molecule has 5 rings (SSSR count). The van der Waals surface area contributed by atoms with Crippen LogP contribution < -0.4 is 10.4 Å². The van der Waals surface area contributed by atoms with Crippen LogP contribution in [0.2, 0.25) is 5.04 Å². The maximum atomic E-state index is 11.4. The van der Waals surface area contributed by atoms with Gasteiger partial charge in [-0.3, -0.25) is 0 Å². The van der Waals surface area contributed by atoms with Gasteiger partial charge in [-0.25, -0.2) is 0 Å². The van der Waals surface area contributed by atoms with E-state index in [1.165, 1.54) is 15.9 Å². The van der Waals surface area contributed by atoms with Gasteiger partial charge in [0.2, 0.25) is 0 Å². The molecule has 6 atom stereocenters. The van der Waals surface area contributed by atoms with E-state index in [0.717, 1.165) is 25.7 Å². The van der Waals surface area contributed by atoms with E-state index >= 15 is 0 Å². The molecular formula is C32H42O3Si. The highest BCUT2D eigenvalue weighted by Gasteiger charge is 2.55. The van der Waals surface area contributed by atoms with Crippen molar-refractivity contribution >= 4 is 18.7 Å². The molecule has 192 valence electrons. The summed E-state index contributed by atoms with van der Waals surface area (Å²) in [5.74, 6) is 0.575. The third-order valence-corrected chi connectivity index (χ3v) is 13.8. The molecule has 1 fully saturated rings. The fourth-order valence-corrected chi connectivity index (χ4v) is 11.6. The molecule has 0 saturated carbocycles. The van der Waals surface area contributed by atoms with E-state index in [-0.39, 0.29) is 29.3 Å². The molecule has 2 aliphatic heterocycles. The highest BCUT2D eigenvalue weighted by Crippen LogP contribution is 2.48. The number of aliphatic hydroxyl groups is 1. The monoisotopic (exact) mass is 502 g/mol. The topological polar surface area (TPSA) is 38.7 Å². The summed E-state index contributed by atoms with van der Waals surface area (Å²) >= 11 is 0. The second-order valence-electron chi connectivity index (χ2n) is 12.4. The van der Waals surface area contributed by atoms with Crippen LogP contribution in [-0.2, 0) is 9.16 Å². The van der Waals surface area contributed by atoms with Gasteiger partial charge in [0.15, 0.2) is 0 Å². The lowest BCUT2D eigenvalue weighted by Gasteiger charge is -2.46. The van der Waals surface area contributed by atoms with E-state index in [0.29, 0.717) is 5.92 Å². The first-order valence-electron chi connectivity index (χ1n) is 13.6. The van der Waals surface area contributed by atoms with E-state index in [9.17, 15) is 5.11 Å². The van der Waals surface area contributed by atoms with Crippen LogP contribution in [0.15, 0.2) is 84.5 Å². The van der Waals surface area contributed by atoms with Gasteiger partial charge in [0, 0.05) is 5.92 Å². The maximum Gasteiger partial charge on any atom is 0.261 e. The van der Waals surface area contributed by atoms with Gasteiger partial charge in [-0.2, -0.15) is 0 Å². The predicted molar refractivity (Wildman–Crippen MR) is 150 cm³/mol. The van der Waals surface area contributed by atoms with E-state index in [4.69, 9.17) is 9.16 Å². The van der Waals surface area contributed by atoms with Gasteiger partial charge in [0.25, 0.3) is 8.32 Å². The Morgan fingerprint density at radius 3 is 2.17 bits per heavy atom. The second kappa shape index (κ2) is 9.72. The molecule has 2 heterocycles. The van der Waals surface area contributed by atoms with Crippen molar-refractivity contribution in [1.82, 2.24) is 0 Å². The van der Waals surface area contributed by atoms with Crippen LogP contribution in [-0.4, -0.2) is 37.3 Å². The first-order chi connectivity index (χ1) is 17.1. The molecule has 3 aliphatic rings. The molecule has 2 bridgehead atoms. The maximum absolute atomic E-state index is 11.4. The van der Waals surface area contributed by atoms with Crippen LogP contribution in [0.4, 0.5) is 0 Å². The molecule has 0 unspecified atom stereocenters. The third kappa shape index (κ3) is 4.58. The van der Waals surface area contributed by atoms with Gasteiger partial charge < -0.3 is 14.3 Å². The molecule has 1 N–H and O–H groups in total. The van der Waals surface area contributed by atoms with Crippen LogP contribution in [0.3, 0.4) is 0 Å². The van der Waals surface area contributed by atoms with Crippen LogP contribution in [0.5, 0.6) is 0 Å².